The summed E-state index contributed by atoms with van der Waals surface area (Å²) in [6.45, 7) is -0.709. The fraction of sp³-hybridized carbons (Fsp3) is 0.529. The number of hydrogen-bond acceptors (Lipinski definition) is 12. The Labute approximate surface area is 182 Å². The highest BCUT2D eigenvalue weighted by molar-refractivity contribution is 8.14. The molecule has 1 heterocycles. The number of thioether (sulfide) groups is 1. The van der Waals surface area contributed by atoms with Crippen LogP contribution < -0.4 is 0 Å². The van der Waals surface area contributed by atoms with Gasteiger partial charge in [0, 0.05) is 6.42 Å². The zero-order valence-corrected chi connectivity index (χ0v) is 17.7. The van der Waals surface area contributed by atoms with E-state index < -0.39 is 52.8 Å². The molecule has 2 rings (SSSR count). The van der Waals surface area contributed by atoms with Gasteiger partial charge in [-0.05, 0) is 18.6 Å². The lowest BCUT2D eigenvalue weighted by Gasteiger charge is -2.39. The Kier molecular flexibility index (Phi) is 9.64. The highest BCUT2D eigenvalue weighted by atomic mass is 32.3. The van der Waals surface area contributed by atoms with E-state index in [0.717, 1.165) is 0 Å². The molecule has 1 fully saturated rings. The van der Waals surface area contributed by atoms with Crippen molar-refractivity contribution in [2.24, 2.45) is 5.16 Å². The van der Waals surface area contributed by atoms with E-state index >= 15 is 0 Å². The van der Waals surface area contributed by atoms with Gasteiger partial charge in [0.25, 0.3) is 0 Å². The van der Waals surface area contributed by atoms with E-state index in [-0.39, 0.29) is 24.5 Å². The molecule has 0 aliphatic carbocycles. The number of oxime groups is 1. The summed E-state index contributed by atoms with van der Waals surface area (Å²) in [6.07, 6.45) is -5.84. The highest BCUT2D eigenvalue weighted by Gasteiger charge is 2.44. The van der Waals surface area contributed by atoms with Crippen molar-refractivity contribution >= 4 is 33.2 Å². The molecule has 1 saturated heterocycles. The van der Waals surface area contributed by atoms with Crippen molar-refractivity contribution in [2.45, 2.75) is 42.7 Å². The summed E-state index contributed by atoms with van der Waals surface area (Å²) in [5.74, 6) is -0.560. The van der Waals surface area contributed by atoms with Crippen LogP contribution in [0, 0.1) is 0 Å². The predicted molar refractivity (Wildman–Crippen MR) is 107 cm³/mol. The van der Waals surface area contributed by atoms with Gasteiger partial charge in [0.1, 0.15) is 34.9 Å². The summed E-state index contributed by atoms with van der Waals surface area (Å²) in [7, 11) is -4.91. The second-order valence-corrected chi connectivity index (χ2v) is 8.58. The summed E-state index contributed by atoms with van der Waals surface area (Å²) in [6, 6.07) is 8.23. The number of aliphatic hydroxyl groups is 4. The molecule has 0 bridgehead atoms. The van der Waals surface area contributed by atoms with Gasteiger partial charge in [-0.3, -0.25) is 4.55 Å². The first-order valence-electron chi connectivity index (χ1n) is 9.04. The van der Waals surface area contributed by atoms with Crippen molar-refractivity contribution in [1.82, 2.24) is 0 Å². The molecule has 12 nitrogen and oxygen atoms in total. The van der Waals surface area contributed by atoms with Gasteiger partial charge in [0.05, 0.1) is 18.8 Å². The summed E-state index contributed by atoms with van der Waals surface area (Å²) in [5, 5.41) is 42.2. The molecular weight excluding hydrogens is 458 g/mol. The van der Waals surface area contributed by atoms with Crippen LogP contribution in [0.5, 0.6) is 0 Å². The van der Waals surface area contributed by atoms with Gasteiger partial charge in [0.2, 0.25) is 0 Å². The van der Waals surface area contributed by atoms with Crippen molar-refractivity contribution in [1.29, 1.82) is 0 Å². The molecule has 5 atom stereocenters. The quantitative estimate of drug-likeness (QED) is 0.0744. The monoisotopic (exact) mass is 481 g/mol. The second-order valence-electron chi connectivity index (χ2n) is 6.41. The van der Waals surface area contributed by atoms with Crippen LogP contribution in [0.2, 0.25) is 0 Å². The molecule has 31 heavy (non-hydrogen) atoms. The number of carbonyl (C=O) groups excluding carboxylic acids is 1. The number of hydrogen-bond donors (Lipinski definition) is 5. The third kappa shape index (κ3) is 8.01. The Morgan fingerprint density at radius 1 is 1.13 bits per heavy atom. The predicted octanol–water partition coefficient (Wildman–Crippen LogP) is -0.710. The molecule has 1 aromatic carbocycles. The Hall–Kier alpha value is -1.78. The third-order valence-electron chi connectivity index (χ3n) is 4.11. The van der Waals surface area contributed by atoms with Gasteiger partial charge in [-0.1, -0.05) is 35.1 Å². The normalized spacial score (nSPS) is 27.0. The molecular formula is C17H23NO11S2. The summed E-state index contributed by atoms with van der Waals surface area (Å²) in [5.41, 5.74) is -0.895. The van der Waals surface area contributed by atoms with E-state index in [4.69, 9.17) is 14.0 Å². The summed E-state index contributed by atoms with van der Waals surface area (Å²) >= 11 is 0.649. The standard InChI is InChI=1S/C17H23NO11S2/c19-9-11-13(20)14(21)15(22)17(28-11)30-12(18-29-31(24,25)26)7-4-8-27-16(23)10-5-2-1-3-6-10/h1-3,5-6,11,13-15,17,19-22H,4,7-9H2,(H,24,25,26)/b18-12+. The smallest absolute Gasteiger partial charge is 0.462 e. The van der Waals surface area contributed by atoms with Gasteiger partial charge in [-0.15, -0.1) is 0 Å². The Morgan fingerprint density at radius 3 is 2.42 bits per heavy atom. The Balaban J connectivity index is 1.98. The van der Waals surface area contributed by atoms with E-state index in [2.05, 4.69) is 9.44 Å². The van der Waals surface area contributed by atoms with Crippen molar-refractivity contribution in [3.05, 3.63) is 35.9 Å². The lowest BCUT2D eigenvalue weighted by atomic mass is 10.0. The van der Waals surface area contributed by atoms with Gasteiger partial charge in [-0.2, -0.15) is 8.42 Å². The number of esters is 1. The van der Waals surface area contributed by atoms with Crippen LogP contribution in [-0.4, -0.2) is 87.5 Å². The van der Waals surface area contributed by atoms with Gasteiger partial charge in [-0.25, -0.2) is 9.08 Å². The average Bonchev–Trinajstić information content (AvgIpc) is 2.74. The van der Waals surface area contributed by atoms with Crippen molar-refractivity contribution in [2.75, 3.05) is 13.2 Å². The molecule has 5 N–H and O–H groups in total. The zero-order valence-electron chi connectivity index (χ0n) is 16.1. The lowest BCUT2D eigenvalue weighted by molar-refractivity contribution is -0.205. The molecule has 1 aliphatic rings. The number of rotatable bonds is 9. The van der Waals surface area contributed by atoms with Crippen LogP contribution in [0.4, 0.5) is 0 Å². The van der Waals surface area contributed by atoms with Crippen LogP contribution >= 0.6 is 11.8 Å². The van der Waals surface area contributed by atoms with E-state index in [0.29, 0.717) is 17.3 Å². The van der Waals surface area contributed by atoms with Crippen LogP contribution in [-0.2, 0) is 24.2 Å². The Bertz CT molecular complexity index is 847. The fourth-order valence-corrected chi connectivity index (χ4v) is 3.90. The third-order valence-corrected chi connectivity index (χ3v) is 5.55. The van der Waals surface area contributed by atoms with E-state index in [9.17, 15) is 33.6 Å². The number of ether oxygens (including phenoxy) is 2. The maximum atomic E-state index is 11.9. The highest BCUT2D eigenvalue weighted by Crippen LogP contribution is 2.30. The lowest BCUT2D eigenvalue weighted by Crippen LogP contribution is -2.57. The second kappa shape index (κ2) is 11.7. The van der Waals surface area contributed by atoms with Crippen LogP contribution in [0.3, 0.4) is 0 Å². The van der Waals surface area contributed by atoms with Crippen LogP contribution in [0.25, 0.3) is 0 Å². The number of aliphatic hydroxyl groups excluding tert-OH is 4. The SMILES string of the molecule is O=C(OCCC/C(=N\OS(=O)(=O)O)SC1OC(CO)C(O)C(O)C1O)c1ccccc1. The first-order valence-corrected chi connectivity index (χ1v) is 11.3. The molecule has 1 aromatic rings. The zero-order chi connectivity index (χ0) is 23.0. The van der Waals surface area contributed by atoms with Crippen molar-refractivity contribution < 1.29 is 51.9 Å². The minimum atomic E-state index is -4.91. The Morgan fingerprint density at radius 2 is 1.81 bits per heavy atom. The van der Waals surface area contributed by atoms with Crippen molar-refractivity contribution in [3.8, 4) is 0 Å². The largest absolute Gasteiger partial charge is 0.466 e. The van der Waals surface area contributed by atoms with E-state index in [1.165, 1.54) is 0 Å². The number of carbonyl (C=O) groups is 1. The molecule has 0 amide bonds. The average molecular weight is 482 g/mol. The molecule has 5 unspecified atom stereocenters. The number of nitrogens with zero attached hydrogens (tertiary/aromatic N) is 1. The van der Waals surface area contributed by atoms with Crippen LogP contribution in [0.15, 0.2) is 35.5 Å². The minimum absolute atomic E-state index is 0.0166. The first kappa shape index (κ1) is 25.5. The van der Waals surface area contributed by atoms with E-state index in [1.807, 2.05) is 0 Å². The maximum Gasteiger partial charge on any atom is 0.466 e. The minimum Gasteiger partial charge on any atom is -0.462 e. The summed E-state index contributed by atoms with van der Waals surface area (Å²) in [4.78, 5) is 11.9. The molecule has 0 radical (unpaired) electrons. The van der Waals surface area contributed by atoms with Gasteiger partial charge in [0.15, 0.2) is 0 Å². The molecule has 174 valence electrons. The van der Waals surface area contributed by atoms with E-state index in [1.54, 1.807) is 30.3 Å². The molecule has 0 spiro atoms. The topological polar surface area (TPSA) is 192 Å². The molecule has 0 aromatic heterocycles. The molecule has 0 saturated carbocycles. The molecule has 14 heteroatoms. The molecule has 1 aliphatic heterocycles. The fourth-order valence-electron chi connectivity index (χ4n) is 2.56. The number of benzene rings is 1. The van der Waals surface area contributed by atoms with Crippen LogP contribution in [0.1, 0.15) is 23.2 Å². The maximum absolute atomic E-state index is 11.9. The van der Waals surface area contributed by atoms with Gasteiger partial charge < -0.3 is 29.9 Å². The first-order chi connectivity index (χ1) is 14.6. The van der Waals surface area contributed by atoms with Crippen molar-refractivity contribution in [3.63, 3.8) is 0 Å². The van der Waals surface area contributed by atoms with Gasteiger partial charge >= 0.3 is 16.4 Å². The summed E-state index contributed by atoms with van der Waals surface area (Å²) < 4.78 is 44.8.